The number of piperidine rings is 1. The van der Waals surface area contributed by atoms with Gasteiger partial charge in [-0.2, -0.15) is 0 Å². The summed E-state index contributed by atoms with van der Waals surface area (Å²) in [5, 5.41) is 0. The largest absolute Gasteiger partial charge is 0.341 e. The van der Waals surface area contributed by atoms with Gasteiger partial charge in [-0.1, -0.05) is 30.3 Å². The molecule has 2 aromatic rings. The van der Waals surface area contributed by atoms with E-state index in [1.165, 1.54) is 24.8 Å². The highest BCUT2D eigenvalue weighted by Crippen LogP contribution is 2.23. The summed E-state index contributed by atoms with van der Waals surface area (Å²) in [6, 6.07) is 10.8. The van der Waals surface area contributed by atoms with E-state index in [2.05, 4.69) is 45.2 Å². The molecule has 3 rings (SSSR count). The van der Waals surface area contributed by atoms with Gasteiger partial charge >= 0.3 is 0 Å². The highest BCUT2D eigenvalue weighted by Gasteiger charge is 2.21. The second-order valence-corrected chi connectivity index (χ2v) is 5.72. The molecule has 4 heteroatoms. The minimum absolute atomic E-state index is 0.499. The summed E-state index contributed by atoms with van der Waals surface area (Å²) in [7, 11) is 0. The van der Waals surface area contributed by atoms with Gasteiger partial charge in [-0.25, -0.2) is 9.97 Å². The van der Waals surface area contributed by atoms with Gasteiger partial charge in [0.2, 0.25) is 5.95 Å². The third-order valence-corrected chi connectivity index (χ3v) is 4.19. The molecule has 21 heavy (non-hydrogen) atoms. The molecule has 110 valence electrons. The van der Waals surface area contributed by atoms with Gasteiger partial charge in [-0.15, -0.1) is 0 Å². The molecule has 0 aliphatic carbocycles. The zero-order chi connectivity index (χ0) is 14.5. The molecule has 0 bridgehead atoms. The number of aromatic nitrogens is 2. The SMILES string of the molecule is NCc1cnc(N2CCC(Cc3ccccc3)CC2)nc1. The fraction of sp³-hybridized carbons (Fsp3) is 0.412. The van der Waals surface area contributed by atoms with Gasteiger partial charge in [-0.3, -0.25) is 0 Å². The van der Waals surface area contributed by atoms with E-state index in [1.54, 1.807) is 0 Å². The lowest BCUT2D eigenvalue weighted by Crippen LogP contribution is -2.35. The molecule has 0 radical (unpaired) electrons. The van der Waals surface area contributed by atoms with Crippen LogP contribution in [-0.2, 0) is 13.0 Å². The van der Waals surface area contributed by atoms with Crippen molar-refractivity contribution >= 4 is 5.95 Å². The van der Waals surface area contributed by atoms with Gasteiger partial charge in [-0.05, 0) is 30.7 Å². The normalized spacial score (nSPS) is 16.1. The van der Waals surface area contributed by atoms with Crippen molar-refractivity contribution in [2.75, 3.05) is 18.0 Å². The van der Waals surface area contributed by atoms with Crippen LogP contribution in [0, 0.1) is 5.92 Å². The van der Waals surface area contributed by atoms with Crippen molar-refractivity contribution in [3.8, 4) is 0 Å². The molecule has 4 nitrogen and oxygen atoms in total. The second-order valence-electron chi connectivity index (χ2n) is 5.72. The second kappa shape index (κ2) is 6.68. The topological polar surface area (TPSA) is 55.0 Å². The average molecular weight is 282 g/mol. The van der Waals surface area contributed by atoms with Gasteiger partial charge in [0.1, 0.15) is 0 Å². The summed E-state index contributed by atoms with van der Waals surface area (Å²) in [5.41, 5.74) is 8.00. The van der Waals surface area contributed by atoms with Crippen molar-refractivity contribution in [3.05, 3.63) is 53.9 Å². The van der Waals surface area contributed by atoms with Gasteiger partial charge in [0, 0.05) is 37.6 Å². The third-order valence-electron chi connectivity index (χ3n) is 4.19. The molecule has 1 saturated heterocycles. The van der Waals surface area contributed by atoms with Crippen LogP contribution in [0.15, 0.2) is 42.7 Å². The maximum Gasteiger partial charge on any atom is 0.225 e. The maximum absolute atomic E-state index is 5.58. The first kappa shape index (κ1) is 14.0. The molecule has 1 aliphatic rings. The monoisotopic (exact) mass is 282 g/mol. The molecule has 1 aliphatic heterocycles. The lowest BCUT2D eigenvalue weighted by Gasteiger charge is -2.32. The quantitative estimate of drug-likeness (QED) is 0.935. The van der Waals surface area contributed by atoms with Crippen LogP contribution in [0.4, 0.5) is 5.95 Å². The predicted octanol–water partition coefficient (Wildman–Crippen LogP) is 2.39. The number of nitrogens with zero attached hydrogens (tertiary/aromatic N) is 3. The average Bonchev–Trinajstić information content (AvgIpc) is 2.57. The summed E-state index contributed by atoms with van der Waals surface area (Å²) < 4.78 is 0. The van der Waals surface area contributed by atoms with E-state index in [9.17, 15) is 0 Å². The van der Waals surface area contributed by atoms with E-state index >= 15 is 0 Å². The Balaban J connectivity index is 1.54. The lowest BCUT2D eigenvalue weighted by atomic mass is 9.90. The lowest BCUT2D eigenvalue weighted by molar-refractivity contribution is 0.400. The highest BCUT2D eigenvalue weighted by molar-refractivity contribution is 5.30. The molecular formula is C17H22N4. The zero-order valence-corrected chi connectivity index (χ0v) is 12.3. The molecule has 1 fully saturated rings. The first-order valence-corrected chi connectivity index (χ1v) is 7.65. The number of anilines is 1. The molecule has 0 amide bonds. The fourth-order valence-corrected chi connectivity index (χ4v) is 2.90. The maximum atomic E-state index is 5.58. The van der Waals surface area contributed by atoms with Crippen molar-refractivity contribution in [2.45, 2.75) is 25.8 Å². The Morgan fingerprint density at radius 3 is 2.29 bits per heavy atom. The van der Waals surface area contributed by atoms with Crippen LogP contribution in [0.3, 0.4) is 0 Å². The number of benzene rings is 1. The van der Waals surface area contributed by atoms with Crippen molar-refractivity contribution in [1.29, 1.82) is 0 Å². The van der Waals surface area contributed by atoms with Crippen molar-refractivity contribution in [2.24, 2.45) is 11.7 Å². The standard InChI is InChI=1S/C17H22N4/c18-11-16-12-19-17(20-13-16)21-8-6-15(7-9-21)10-14-4-2-1-3-5-14/h1-5,12-13,15H,6-11,18H2. The molecule has 0 saturated carbocycles. The minimum atomic E-state index is 0.499. The van der Waals surface area contributed by atoms with Crippen molar-refractivity contribution in [3.63, 3.8) is 0 Å². The van der Waals surface area contributed by atoms with Crippen LogP contribution in [0.25, 0.3) is 0 Å². The van der Waals surface area contributed by atoms with Gasteiger partial charge in [0.25, 0.3) is 0 Å². The summed E-state index contributed by atoms with van der Waals surface area (Å²) in [5.74, 6) is 1.61. The number of nitrogens with two attached hydrogens (primary N) is 1. The first-order chi connectivity index (χ1) is 10.3. The Kier molecular flexibility index (Phi) is 4.46. The third kappa shape index (κ3) is 3.58. The van der Waals surface area contributed by atoms with Crippen LogP contribution >= 0.6 is 0 Å². The molecule has 0 spiro atoms. The molecule has 0 unspecified atom stereocenters. The molecule has 2 N–H and O–H groups in total. The molecule has 2 heterocycles. The van der Waals surface area contributed by atoms with Crippen LogP contribution in [-0.4, -0.2) is 23.1 Å². The van der Waals surface area contributed by atoms with Gasteiger partial charge in [0.05, 0.1) is 0 Å². The first-order valence-electron chi connectivity index (χ1n) is 7.65. The fourth-order valence-electron chi connectivity index (χ4n) is 2.90. The van der Waals surface area contributed by atoms with Crippen LogP contribution in [0.5, 0.6) is 0 Å². The van der Waals surface area contributed by atoms with E-state index < -0.39 is 0 Å². The molecule has 0 atom stereocenters. The number of hydrogen-bond donors (Lipinski definition) is 1. The molecule has 1 aromatic carbocycles. The Morgan fingerprint density at radius 1 is 1.00 bits per heavy atom. The zero-order valence-electron chi connectivity index (χ0n) is 12.3. The van der Waals surface area contributed by atoms with E-state index in [4.69, 9.17) is 5.73 Å². The molecular weight excluding hydrogens is 260 g/mol. The smallest absolute Gasteiger partial charge is 0.225 e. The van der Waals surface area contributed by atoms with Crippen LogP contribution < -0.4 is 10.6 Å². The summed E-state index contributed by atoms with van der Waals surface area (Å²) in [6.45, 7) is 2.58. The van der Waals surface area contributed by atoms with Crippen molar-refractivity contribution < 1.29 is 0 Å². The van der Waals surface area contributed by atoms with E-state index in [1.807, 2.05) is 12.4 Å². The summed E-state index contributed by atoms with van der Waals surface area (Å²) in [4.78, 5) is 11.1. The predicted molar refractivity (Wildman–Crippen MR) is 85.0 cm³/mol. The van der Waals surface area contributed by atoms with E-state index in [0.717, 1.165) is 30.5 Å². The number of rotatable bonds is 4. The highest BCUT2D eigenvalue weighted by atomic mass is 15.2. The van der Waals surface area contributed by atoms with Crippen LogP contribution in [0.2, 0.25) is 0 Å². The van der Waals surface area contributed by atoms with E-state index in [-0.39, 0.29) is 0 Å². The summed E-state index contributed by atoms with van der Waals surface area (Å²) in [6.07, 6.45) is 7.26. The van der Waals surface area contributed by atoms with Crippen LogP contribution in [0.1, 0.15) is 24.0 Å². The van der Waals surface area contributed by atoms with E-state index in [0.29, 0.717) is 6.54 Å². The minimum Gasteiger partial charge on any atom is -0.341 e. The molecule has 1 aromatic heterocycles. The Bertz CT molecular complexity index is 545. The summed E-state index contributed by atoms with van der Waals surface area (Å²) >= 11 is 0. The van der Waals surface area contributed by atoms with Crippen molar-refractivity contribution in [1.82, 2.24) is 9.97 Å². The Morgan fingerprint density at radius 2 is 1.67 bits per heavy atom. The Labute approximate surface area is 126 Å². The van der Waals surface area contributed by atoms with Gasteiger partial charge in [0.15, 0.2) is 0 Å². The Hall–Kier alpha value is -1.94. The number of hydrogen-bond acceptors (Lipinski definition) is 4. The van der Waals surface area contributed by atoms with Gasteiger partial charge < -0.3 is 10.6 Å².